The van der Waals surface area contributed by atoms with Gasteiger partial charge in [-0.1, -0.05) is 22.9 Å². The highest BCUT2D eigenvalue weighted by molar-refractivity contribution is 9.10. The van der Waals surface area contributed by atoms with E-state index in [1.165, 1.54) is 0 Å². The van der Waals surface area contributed by atoms with Crippen molar-refractivity contribution in [2.75, 3.05) is 18.6 Å². The van der Waals surface area contributed by atoms with Gasteiger partial charge in [-0.2, -0.15) is 5.10 Å². The van der Waals surface area contributed by atoms with Crippen LogP contribution >= 0.6 is 28.1 Å². The third-order valence-electron chi connectivity index (χ3n) is 3.36. The lowest BCUT2D eigenvalue weighted by molar-refractivity contribution is 0.287. The van der Waals surface area contributed by atoms with Crippen LogP contribution in [0.15, 0.2) is 16.6 Å². The minimum absolute atomic E-state index is 0.561. The van der Waals surface area contributed by atoms with Gasteiger partial charge in [0.05, 0.1) is 19.8 Å². The van der Waals surface area contributed by atoms with E-state index in [9.17, 15) is 0 Å². The zero-order chi connectivity index (χ0) is 17.5. The first-order valence-electron chi connectivity index (χ1n) is 8.08. The summed E-state index contributed by atoms with van der Waals surface area (Å²) in [7, 11) is 0. The molecule has 1 heterocycles. The predicted molar refractivity (Wildman–Crippen MR) is 101 cm³/mol. The summed E-state index contributed by atoms with van der Waals surface area (Å²) in [5.41, 5.74) is 4.37. The van der Waals surface area contributed by atoms with Gasteiger partial charge in [0.1, 0.15) is 0 Å². The van der Waals surface area contributed by atoms with E-state index in [2.05, 4.69) is 38.5 Å². The van der Waals surface area contributed by atoms with E-state index in [1.807, 2.05) is 30.7 Å². The Hall–Kier alpha value is -1.54. The van der Waals surface area contributed by atoms with Gasteiger partial charge >= 0.3 is 0 Å². The fourth-order valence-corrected chi connectivity index (χ4v) is 2.98. The van der Waals surface area contributed by atoms with Gasteiger partial charge in [-0.25, -0.2) is 4.68 Å². The van der Waals surface area contributed by atoms with E-state index in [-0.39, 0.29) is 0 Å². The van der Waals surface area contributed by atoms with Gasteiger partial charge in [-0.15, -0.1) is 0 Å². The summed E-state index contributed by atoms with van der Waals surface area (Å²) in [6.45, 7) is 7.78. The fraction of sp³-hybridized carbons (Fsp3) is 0.500. The molecule has 0 fully saturated rings. The average molecular weight is 415 g/mol. The van der Waals surface area contributed by atoms with Crippen LogP contribution in [0, 0.1) is 4.77 Å². The van der Waals surface area contributed by atoms with E-state index in [1.54, 1.807) is 0 Å². The number of hydrogen-bond donors (Lipinski definition) is 2. The van der Waals surface area contributed by atoms with E-state index in [0.717, 1.165) is 40.2 Å². The molecule has 1 aromatic heterocycles. The van der Waals surface area contributed by atoms with E-state index < -0.39 is 0 Å². The third-order valence-corrected chi connectivity index (χ3v) is 4.37. The van der Waals surface area contributed by atoms with Gasteiger partial charge in [0.2, 0.25) is 4.77 Å². The first-order valence-corrected chi connectivity index (χ1v) is 9.28. The first kappa shape index (κ1) is 18.8. The molecule has 0 radical (unpaired) electrons. The van der Waals surface area contributed by atoms with E-state index in [0.29, 0.717) is 24.5 Å². The van der Waals surface area contributed by atoms with E-state index >= 15 is 0 Å². The number of ether oxygens (including phenoxy) is 2. The Morgan fingerprint density at radius 3 is 2.50 bits per heavy atom. The molecule has 0 aliphatic carbocycles. The Morgan fingerprint density at radius 2 is 1.88 bits per heavy atom. The van der Waals surface area contributed by atoms with Gasteiger partial charge in [-0.3, -0.25) is 5.10 Å². The van der Waals surface area contributed by atoms with Crippen molar-refractivity contribution in [2.24, 2.45) is 0 Å². The third kappa shape index (κ3) is 4.51. The number of benzene rings is 1. The Morgan fingerprint density at radius 1 is 1.21 bits per heavy atom. The van der Waals surface area contributed by atoms with Crippen LogP contribution in [-0.4, -0.2) is 28.1 Å². The van der Waals surface area contributed by atoms with Crippen molar-refractivity contribution in [2.45, 2.75) is 40.2 Å². The topological polar surface area (TPSA) is 64.1 Å². The lowest BCUT2D eigenvalue weighted by atomic mass is 10.2. The summed E-state index contributed by atoms with van der Waals surface area (Å²) in [6.07, 6.45) is 1.86. The first-order chi connectivity index (χ1) is 11.6. The Bertz CT molecular complexity index is 729. The molecule has 0 atom stereocenters. The van der Waals surface area contributed by atoms with Gasteiger partial charge in [0.15, 0.2) is 17.3 Å². The molecule has 0 spiro atoms. The minimum atomic E-state index is 0.561. The summed E-state index contributed by atoms with van der Waals surface area (Å²) < 4.78 is 14.7. The Balaban J connectivity index is 2.22. The van der Waals surface area contributed by atoms with Crippen molar-refractivity contribution < 1.29 is 9.47 Å². The van der Waals surface area contributed by atoms with E-state index in [4.69, 9.17) is 21.7 Å². The normalized spacial score (nSPS) is 10.7. The second-order valence-electron chi connectivity index (χ2n) is 5.12. The maximum absolute atomic E-state index is 5.69. The summed E-state index contributed by atoms with van der Waals surface area (Å²) in [5.74, 6) is 2.38. The fourth-order valence-electron chi connectivity index (χ4n) is 2.30. The van der Waals surface area contributed by atoms with Crippen LogP contribution in [0.3, 0.4) is 0 Å². The molecule has 1 aromatic carbocycles. The van der Waals surface area contributed by atoms with Crippen LogP contribution in [0.1, 0.15) is 38.6 Å². The molecule has 0 bridgehead atoms. The summed E-state index contributed by atoms with van der Waals surface area (Å²) in [4.78, 5) is 0. The summed E-state index contributed by atoms with van der Waals surface area (Å²) in [5, 5.41) is 7.08. The number of rotatable bonds is 9. The number of nitrogens with one attached hydrogen (secondary N) is 2. The Kier molecular flexibility index (Phi) is 7.11. The predicted octanol–water partition coefficient (Wildman–Crippen LogP) is 4.20. The molecular formula is C16H23BrN4O2S. The highest BCUT2D eigenvalue weighted by atomic mass is 79.9. The molecule has 8 heteroatoms. The molecule has 0 saturated carbocycles. The number of aromatic amines is 1. The second kappa shape index (κ2) is 9.08. The van der Waals surface area contributed by atoms with Crippen molar-refractivity contribution >= 4 is 28.1 Å². The van der Waals surface area contributed by atoms with Crippen LogP contribution < -0.4 is 14.9 Å². The SMILES string of the molecule is CCCc1n[nH]c(=S)n1NCc1cc(OCC)c(OCC)cc1Br. The highest BCUT2D eigenvalue weighted by Crippen LogP contribution is 2.34. The molecule has 0 aliphatic heterocycles. The minimum Gasteiger partial charge on any atom is -0.490 e. The number of halogens is 1. The lowest BCUT2D eigenvalue weighted by Crippen LogP contribution is -2.18. The maximum Gasteiger partial charge on any atom is 0.214 e. The monoisotopic (exact) mass is 414 g/mol. The molecule has 0 saturated heterocycles. The molecule has 2 rings (SSSR count). The number of hydrogen-bond acceptors (Lipinski definition) is 5. The van der Waals surface area contributed by atoms with Crippen molar-refractivity contribution in [1.29, 1.82) is 0 Å². The zero-order valence-corrected chi connectivity index (χ0v) is 16.6. The molecule has 2 N–H and O–H groups in total. The largest absolute Gasteiger partial charge is 0.490 e. The molecular weight excluding hydrogens is 392 g/mol. The molecule has 0 amide bonds. The molecule has 24 heavy (non-hydrogen) atoms. The van der Waals surface area contributed by atoms with Gasteiger partial charge in [-0.05, 0) is 50.2 Å². The van der Waals surface area contributed by atoms with Gasteiger partial charge in [0.25, 0.3) is 0 Å². The smallest absolute Gasteiger partial charge is 0.214 e. The molecule has 132 valence electrons. The molecule has 6 nitrogen and oxygen atoms in total. The van der Waals surface area contributed by atoms with Crippen LogP contribution in [-0.2, 0) is 13.0 Å². The second-order valence-corrected chi connectivity index (χ2v) is 6.36. The van der Waals surface area contributed by atoms with Crippen molar-refractivity contribution in [3.63, 3.8) is 0 Å². The van der Waals surface area contributed by atoms with Gasteiger partial charge < -0.3 is 14.9 Å². The van der Waals surface area contributed by atoms with Crippen LogP contribution in [0.2, 0.25) is 0 Å². The van der Waals surface area contributed by atoms with Crippen molar-refractivity contribution in [3.05, 3.63) is 32.8 Å². The number of nitrogens with zero attached hydrogens (tertiary/aromatic N) is 2. The van der Waals surface area contributed by atoms with Gasteiger partial charge in [0, 0.05) is 10.9 Å². The maximum atomic E-state index is 5.69. The average Bonchev–Trinajstić information content (AvgIpc) is 2.90. The van der Waals surface area contributed by atoms with Crippen molar-refractivity contribution in [3.8, 4) is 11.5 Å². The summed E-state index contributed by atoms with van der Waals surface area (Å²) in [6, 6.07) is 3.92. The molecule has 0 aliphatic rings. The number of aromatic nitrogens is 3. The number of H-pyrrole nitrogens is 1. The van der Waals surface area contributed by atoms with Crippen LogP contribution in [0.5, 0.6) is 11.5 Å². The van der Waals surface area contributed by atoms with Crippen LogP contribution in [0.25, 0.3) is 0 Å². The zero-order valence-electron chi connectivity index (χ0n) is 14.2. The molecule has 2 aromatic rings. The van der Waals surface area contributed by atoms with Crippen molar-refractivity contribution in [1.82, 2.24) is 14.9 Å². The number of aryl methyl sites for hydroxylation is 1. The Labute approximate surface area is 155 Å². The summed E-state index contributed by atoms with van der Waals surface area (Å²) >= 11 is 8.88. The quantitative estimate of drug-likeness (QED) is 0.601. The van der Waals surface area contributed by atoms with Crippen LogP contribution in [0.4, 0.5) is 0 Å². The lowest BCUT2D eigenvalue weighted by Gasteiger charge is -2.15. The standard InChI is InChI=1S/C16H23BrN4O2S/c1-4-7-15-19-20-16(24)21(15)18-10-11-8-13(22-5-2)14(23-6-3)9-12(11)17/h8-9,18H,4-7,10H2,1-3H3,(H,20,24). The highest BCUT2D eigenvalue weighted by Gasteiger charge is 2.12. The molecule has 0 unspecified atom stereocenters.